The lowest BCUT2D eigenvalue weighted by Crippen LogP contribution is -2.57. The van der Waals surface area contributed by atoms with E-state index in [9.17, 15) is 9.90 Å². The van der Waals surface area contributed by atoms with Crippen LogP contribution in [0, 0.1) is 5.92 Å². The average molecular weight is 619 g/mol. The first-order valence-electron chi connectivity index (χ1n) is 17.2. The number of benzene rings is 3. The number of carbonyl (C=O) groups is 1. The van der Waals surface area contributed by atoms with Crippen molar-refractivity contribution in [1.29, 1.82) is 0 Å². The second-order valence-electron chi connectivity index (χ2n) is 14.2. The van der Waals surface area contributed by atoms with Crippen molar-refractivity contribution in [2.75, 3.05) is 50.8 Å². The number of nitrogens with one attached hydrogen (secondary N) is 1. The Morgan fingerprint density at radius 1 is 0.957 bits per heavy atom. The minimum Gasteiger partial charge on any atom is -0.508 e. The Morgan fingerprint density at radius 3 is 2.54 bits per heavy atom. The number of hydrogen-bond donors (Lipinski definition) is 2. The van der Waals surface area contributed by atoms with Gasteiger partial charge in [0.25, 0.3) is 0 Å². The molecule has 46 heavy (non-hydrogen) atoms. The Labute approximate surface area is 269 Å². The second-order valence-corrected chi connectivity index (χ2v) is 14.2. The van der Waals surface area contributed by atoms with Crippen molar-refractivity contribution in [3.63, 3.8) is 0 Å². The molecule has 9 heteroatoms. The monoisotopic (exact) mass is 618 g/mol. The van der Waals surface area contributed by atoms with Gasteiger partial charge in [0, 0.05) is 37.1 Å². The van der Waals surface area contributed by atoms with Crippen LogP contribution in [0.2, 0.25) is 0 Å². The molecule has 0 radical (unpaired) electrons. The number of anilines is 1. The molecule has 3 aromatic carbocycles. The Balaban J connectivity index is 1.09. The van der Waals surface area contributed by atoms with Gasteiger partial charge in [-0.25, -0.2) is 0 Å². The highest BCUT2D eigenvalue weighted by atomic mass is 16.5. The Bertz CT molecular complexity index is 1800. The molecule has 0 aliphatic carbocycles. The number of amides is 1. The topological polar surface area (TPSA) is 94.1 Å². The van der Waals surface area contributed by atoms with Crippen LogP contribution in [-0.4, -0.2) is 94.3 Å². The number of aromatic nitrogens is 2. The third kappa shape index (κ3) is 4.70. The second kappa shape index (κ2) is 11.1. The van der Waals surface area contributed by atoms with Gasteiger partial charge in [0.1, 0.15) is 18.2 Å². The summed E-state index contributed by atoms with van der Waals surface area (Å²) in [6, 6.07) is 19.0. The normalized spacial score (nSPS) is 25.5. The zero-order valence-electron chi connectivity index (χ0n) is 26.3. The van der Waals surface area contributed by atoms with Gasteiger partial charge in [0.05, 0.1) is 17.0 Å². The summed E-state index contributed by atoms with van der Waals surface area (Å²) in [6.45, 7) is 6.17. The minimum absolute atomic E-state index is 0.0982. The summed E-state index contributed by atoms with van der Waals surface area (Å²) in [4.78, 5) is 30.9. The molecule has 5 saturated heterocycles. The lowest BCUT2D eigenvalue weighted by molar-refractivity contribution is -0.138. The maximum absolute atomic E-state index is 13.6. The van der Waals surface area contributed by atoms with Gasteiger partial charge in [-0.3, -0.25) is 9.69 Å². The molecule has 1 amide bonds. The van der Waals surface area contributed by atoms with Crippen LogP contribution < -0.4 is 15.0 Å². The highest BCUT2D eigenvalue weighted by Gasteiger charge is 2.46. The zero-order chi connectivity index (χ0) is 30.8. The molecule has 2 N–H and O–H groups in total. The molecular formula is C37H42N6O3. The first-order valence-corrected chi connectivity index (χ1v) is 17.2. The van der Waals surface area contributed by atoms with Crippen molar-refractivity contribution in [3.05, 3.63) is 54.6 Å². The van der Waals surface area contributed by atoms with Gasteiger partial charge in [0.2, 0.25) is 5.91 Å². The third-order valence-corrected chi connectivity index (χ3v) is 11.5. The van der Waals surface area contributed by atoms with Gasteiger partial charge >= 0.3 is 6.01 Å². The minimum atomic E-state index is 0.0982. The molecule has 6 heterocycles. The predicted molar refractivity (Wildman–Crippen MR) is 179 cm³/mol. The van der Waals surface area contributed by atoms with E-state index in [0.717, 1.165) is 110 Å². The zero-order valence-corrected chi connectivity index (χ0v) is 26.3. The van der Waals surface area contributed by atoms with Crippen LogP contribution in [0.1, 0.15) is 44.9 Å². The van der Waals surface area contributed by atoms with E-state index in [2.05, 4.69) is 44.3 Å². The molecule has 1 aromatic heterocycles. The largest absolute Gasteiger partial charge is 0.508 e. The van der Waals surface area contributed by atoms with Crippen LogP contribution in [-0.2, 0) is 4.79 Å². The van der Waals surface area contributed by atoms with Gasteiger partial charge in [0.15, 0.2) is 0 Å². The summed E-state index contributed by atoms with van der Waals surface area (Å²) < 4.78 is 6.56. The molecule has 238 valence electrons. The molecule has 0 spiro atoms. The van der Waals surface area contributed by atoms with Crippen LogP contribution in [0.4, 0.5) is 5.82 Å². The molecule has 9 nitrogen and oxygen atoms in total. The number of hydrogen-bond acceptors (Lipinski definition) is 8. The lowest BCUT2D eigenvalue weighted by Gasteiger charge is -2.42. The van der Waals surface area contributed by atoms with E-state index >= 15 is 0 Å². The molecule has 0 saturated carbocycles. The quantitative estimate of drug-likeness (QED) is 0.314. The van der Waals surface area contributed by atoms with E-state index in [1.807, 2.05) is 30.3 Å². The van der Waals surface area contributed by atoms with Crippen molar-refractivity contribution in [2.45, 2.75) is 62.6 Å². The Hall–Kier alpha value is -3.95. The van der Waals surface area contributed by atoms with Crippen LogP contribution in [0.5, 0.6) is 11.8 Å². The van der Waals surface area contributed by atoms with Gasteiger partial charge in [-0.2, -0.15) is 9.97 Å². The molecule has 5 aliphatic heterocycles. The van der Waals surface area contributed by atoms with E-state index in [-0.39, 0.29) is 29.3 Å². The number of rotatable bonds is 6. The fourth-order valence-electron chi connectivity index (χ4n) is 9.27. The van der Waals surface area contributed by atoms with Crippen LogP contribution in [0.25, 0.3) is 32.8 Å². The van der Waals surface area contributed by atoms with Crippen molar-refractivity contribution >= 4 is 33.4 Å². The summed E-state index contributed by atoms with van der Waals surface area (Å²) >= 11 is 0. The van der Waals surface area contributed by atoms with Gasteiger partial charge in [-0.15, -0.1) is 0 Å². The summed E-state index contributed by atoms with van der Waals surface area (Å²) in [5, 5.41) is 17.0. The van der Waals surface area contributed by atoms with Crippen LogP contribution in [0.15, 0.2) is 54.6 Å². The first kappa shape index (κ1) is 28.3. The predicted octanol–water partition coefficient (Wildman–Crippen LogP) is 4.95. The van der Waals surface area contributed by atoms with E-state index in [0.29, 0.717) is 18.5 Å². The average Bonchev–Trinajstić information content (AvgIpc) is 3.87. The number of phenols is 1. The van der Waals surface area contributed by atoms with Crippen molar-refractivity contribution in [2.24, 2.45) is 5.92 Å². The fraction of sp³-hybridized carbons (Fsp3) is 0.486. The molecular weight excluding hydrogens is 576 g/mol. The number of carbonyl (C=O) groups excluding carboxylic acids is 1. The van der Waals surface area contributed by atoms with Crippen molar-refractivity contribution in [3.8, 4) is 22.9 Å². The summed E-state index contributed by atoms with van der Waals surface area (Å²) in [5.74, 6) is 1.57. The van der Waals surface area contributed by atoms with Crippen molar-refractivity contribution < 1.29 is 14.6 Å². The van der Waals surface area contributed by atoms with Crippen LogP contribution in [0.3, 0.4) is 0 Å². The van der Waals surface area contributed by atoms with Gasteiger partial charge < -0.3 is 25.0 Å². The van der Waals surface area contributed by atoms with E-state index < -0.39 is 0 Å². The molecule has 0 unspecified atom stereocenters. The number of phenolic OH excluding ortho intramolecular Hbond substituents is 1. The fourth-order valence-corrected chi connectivity index (χ4v) is 9.27. The summed E-state index contributed by atoms with van der Waals surface area (Å²) in [5.41, 5.74) is 2.89. The van der Waals surface area contributed by atoms with Gasteiger partial charge in [-0.1, -0.05) is 30.3 Å². The summed E-state index contributed by atoms with van der Waals surface area (Å²) in [6.07, 6.45) is 7.77. The Morgan fingerprint density at radius 2 is 1.76 bits per heavy atom. The van der Waals surface area contributed by atoms with E-state index in [4.69, 9.17) is 14.7 Å². The molecule has 3 atom stereocenters. The molecule has 9 rings (SSSR count). The SMILES string of the molecule is O=C([C@@H]1CCNC1)N1[C@@H]2CC[C@H]1CN(c1nc(OCC34CCCN3CCC4)nc3cc(-c4cc(O)cc5ccccc45)ccc13)C2. The van der Waals surface area contributed by atoms with Crippen LogP contribution >= 0.6 is 0 Å². The van der Waals surface area contributed by atoms with Crippen molar-refractivity contribution in [1.82, 2.24) is 25.1 Å². The lowest BCUT2D eigenvalue weighted by atomic mass is 9.95. The number of nitrogens with zero attached hydrogens (tertiary/aromatic N) is 5. The van der Waals surface area contributed by atoms with Gasteiger partial charge in [-0.05, 0) is 111 Å². The number of fused-ring (bicyclic) bond motifs is 5. The molecule has 5 fully saturated rings. The standard InChI is InChI=1S/C37H42N6O3/c44-29-17-24-5-1-2-6-30(24)32(19-29)25-7-10-31-33(18-25)39-36(46-23-37-12-3-15-42(37)16-4-13-37)40-34(31)41-21-27-8-9-28(22-41)43(27)35(45)26-11-14-38-20-26/h1-2,5-7,10,17-19,26-28,38,44H,3-4,8-9,11-16,20-23H2/t26-,27-,28+/m1/s1. The van der Waals surface area contributed by atoms with E-state index in [1.54, 1.807) is 0 Å². The maximum Gasteiger partial charge on any atom is 0.319 e. The number of aromatic hydroxyl groups is 1. The number of ether oxygens (including phenoxy) is 1. The number of piperazine rings is 1. The molecule has 5 aliphatic rings. The molecule has 2 bridgehead atoms. The molecule has 4 aromatic rings. The first-order chi connectivity index (χ1) is 22.5. The highest BCUT2D eigenvalue weighted by Crippen LogP contribution is 2.41. The maximum atomic E-state index is 13.6. The summed E-state index contributed by atoms with van der Waals surface area (Å²) in [7, 11) is 0. The third-order valence-electron chi connectivity index (χ3n) is 11.5. The van der Waals surface area contributed by atoms with E-state index in [1.165, 1.54) is 12.8 Å². The smallest absolute Gasteiger partial charge is 0.319 e. The Kier molecular flexibility index (Phi) is 6.82. The highest BCUT2D eigenvalue weighted by molar-refractivity contribution is 6.01.